The van der Waals surface area contributed by atoms with Gasteiger partial charge >= 0.3 is 0 Å². The number of ether oxygens (including phenoxy) is 1. The highest BCUT2D eigenvalue weighted by Crippen LogP contribution is 2.25. The van der Waals surface area contributed by atoms with E-state index in [1.54, 1.807) is 6.20 Å². The molecule has 2 aromatic rings. The summed E-state index contributed by atoms with van der Waals surface area (Å²) < 4.78 is 7.11. The molecule has 0 amide bonds. The second-order valence-corrected chi connectivity index (χ2v) is 6.87. The summed E-state index contributed by atoms with van der Waals surface area (Å²) in [6.45, 7) is 6.80. The summed E-state index contributed by atoms with van der Waals surface area (Å²) in [4.78, 5) is 6.78. The topological polar surface area (TPSA) is 37.4 Å². The molecule has 130 valence electrons. The Labute approximate surface area is 158 Å². The van der Waals surface area contributed by atoms with E-state index in [0.29, 0.717) is 12.6 Å². The molecule has 1 fully saturated rings. The fraction of sp³-hybridized carbons (Fsp3) is 0.389. The Hall–Kier alpha value is -1.14. The monoisotopic (exact) mass is 411 g/mol. The van der Waals surface area contributed by atoms with Crippen molar-refractivity contribution in [1.82, 2.24) is 15.2 Å². The van der Waals surface area contributed by atoms with Gasteiger partial charge in [-0.15, -0.1) is 12.4 Å². The lowest BCUT2D eigenvalue weighted by atomic mass is 10.1. The van der Waals surface area contributed by atoms with Gasteiger partial charge in [-0.2, -0.15) is 0 Å². The average molecular weight is 413 g/mol. The van der Waals surface area contributed by atoms with E-state index < -0.39 is 0 Å². The first kappa shape index (κ1) is 19.2. The summed E-state index contributed by atoms with van der Waals surface area (Å²) in [5.74, 6) is 0.935. The standard InChI is InChI=1S/C18H22BrN3O.ClH/c1-14-11-22(9-8-20-14)12-15-10-16(19)5-6-18(15)23-13-17-4-2-3-7-21-17;/h2-7,10,14,20H,8-9,11-13H2,1H3;1H. The molecule has 1 aliphatic rings. The number of halogens is 2. The first-order valence-corrected chi connectivity index (χ1v) is 8.77. The number of hydrogen-bond donors (Lipinski definition) is 1. The predicted octanol–water partition coefficient (Wildman–Crippen LogP) is 3.64. The van der Waals surface area contributed by atoms with Gasteiger partial charge in [-0.25, -0.2) is 0 Å². The van der Waals surface area contributed by atoms with Gasteiger partial charge in [-0.1, -0.05) is 22.0 Å². The van der Waals surface area contributed by atoms with E-state index in [-0.39, 0.29) is 12.4 Å². The Balaban J connectivity index is 0.00000208. The second-order valence-electron chi connectivity index (χ2n) is 5.95. The third-order valence-corrected chi connectivity index (χ3v) is 4.46. The molecule has 0 radical (unpaired) electrons. The largest absolute Gasteiger partial charge is 0.487 e. The molecule has 1 saturated heterocycles. The van der Waals surface area contributed by atoms with Crippen LogP contribution in [0.1, 0.15) is 18.2 Å². The van der Waals surface area contributed by atoms with Crippen LogP contribution in [0.25, 0.3) is 0 Å². The van der Waals surface area contributed by atoms with Gasteiger partial charge in [0.25, 0.3) is 0 Å². The van der Waals surface area contributed by atoms with Gasteiger partial charge in [-0.3, -0.25) is 9.88 Å². The van der Waals surface area contributed by atoms with Crippen molar-refractivity contribution in [3.05, 3.63) is 58.3 Å². The van der Waals surface area contributed by atoms with Gasteiger partial charge < -0.3 is 10.1 Å². The van der Waals surface area contributed by atoms with Crippen LogP contribution in [0.2, 0.25) is 0 Å². The Morgan fingerprint density at radius 1 is 1.33 bits per heavy atom. The molecule has 1 atom stereocenters. The van der Waals surface area contributed by atoms with Gasteiger partial charge in [-0.05, 0) is 37.3 Å². The fourth-order valence-corrected chi connectivity index (χ4v) is 3.25. The third kappa shape index (κ3) is 5.45. The van der Waals surface area contributed by atoms with Crippen LogP contribution < -0.4 is 10.1 Å². The van der Waals surface area contributed by atoms with Gasteiger partial charge in [0.2, 0.25) is 0 Å². The van der Waals surface area contributed by atoms with Crippen molar-refractivity contribution in [3.63, 3.8) is 0 Å². The number of benzene rings is 1. The number of piperazine rings is 1. The molecule has 0 aliphatic carbocycles. The summed E-state index contributed by atoms with van der Waals surface area (Å²) in [6.07, 6.45) is 1.79. The second kappa shape index (κ2) is 9.37. The molecule has 3 rings (SSSR count). The number of hydrogen-bond acceptors (Lipinski definition) is 4. The Bertz CT molecular complexity index is 641. The molecule has 1 aromatic heterocycles. The van der Waals surface area contributed by atoms with Crippen molar-refractivity contribution in [2.45, 2.75) is 26.1 Å². The summed E-state index contributed by atoms with van der Waals surface area (Å²) in [5.41, 5.74) is 2.15. The van der Waals surface area contributed by atoms with E-state index in [4.69, 9.17) is 4.74 Å². The Morgan fingerprint density at radius 2 is 2.21 bits per heavy atom. The minimum absolute atomic E-state index is 0. The SMILES string of the molecule is CC1CN(Cc2cc(Br)ccc2OCc2ccccn2)CCN1.Cl. The minimum Gasteiger partial charge on any atom is -0.487 e. The number of nitrogens with one attached hydrogen (secondary N) is 1. The number of pyridine rings is 1. The summed E-state index contributed by atoms with van der Waals surface area (Å²) in [5, 5.41) is 3.48. The van der Waals surface area contributed by atoms with Gasteiger partial charge in [0, 0.05) is 48.5 Å². The van der Waals surface area contributed by atoms with Gasteiger partial charge in [0.1, 0.15) is 12.4 Å². The van der Waals surface area contributed by atoms with Crippen LogP contribution >= 0.6 is 28.3 Å². The molecule has 0 bridgehead atoms. The van der Waals surface area contributed by atoms with E-state index in [0.717, 1.165) is 42.1 Å². The molecule has 24 heavy (non-hydrogen) atoms. The fourth-order valence-electron chi connectivity index (χ4n) is 2.84. The molecule has 0 saturated carbocycles. The van der Waals surface area contributed by atoms with E-state index in [2.05, 4.69) is 44.1 Å². The van der Waals surface area contributed by atoms with Gasteiger partial charge in [0.05, 0.1) is 5.69 Å². The van der Waals surface area contributed by atoms with Crippen LogP contribution in [0.3, 0.4) is 0 Å². The lowest BCUT2D eigenvalue weighted by Crippen LogP contribution is -2.48. The van der Waals surface area contributed by atoms with Gasteiger partial charge in [0.15, 0.2) is 0 Å². The molecule has 4 nitrogen and oxygen atoms in total. The number of rotatable bonds is 5. The highest BCUT2D eigenvalue weighted by Gasteiger charge is 2.17. The molecule has 0 spiro atoms. The molecule has 6 heteroatoms. The van der Waals surface area contributed by atoms with Crippen molar-refractivity contribution in [3.8, 4) is 5.75 Å². The maximum absolute atomic E-state index is 6.02. The van der Waals surface area contributed by atoms with Crippen LogP contribution in [0, 0.1) is 0 Å². The van der Waals surface area contributed by atoms with E-state index in [1.165, 1.54) is 5.56 Å². The Morgan fingerprint density at radius 3 is 2.96 bits per heavy atom. The minimum atomic E-state index is 0. The number of nitrogens with zero attached hydrogens (tertiary/aromatic N) is 2. The molecule has 1 unspecified atom stereocenters. The quantitative estimate of drug-likeness (QED) is 0.813. The maximum Gasteiger partial charge on any atom is 0.130 e. The zero-order valence-corrected chi connectivity index (χ0v) is 16.1. The first-order valence-electron chi connectivity index (χ1n) is 7.97. The first-order chi connectivity index (χ1) is 11.2. The smallest absolute Gasteiger partial charge is 0.130 e. The Kier molecular flexibility index (Phi) is 7.49. The predicted molar refractivity (Wildman–Crippen MR) is 103 cm³/mol. The van der Waals surface area contributed by atoms with Crippen LogP contribution in [0.5, 0.6) is 5.75 Å². The van der Waals surface area contributed by atoms with Crippen molar-refractivity contribution < 1.29 is 4.74 Å². The third-order valence-electron chi connectivity index (χ3n) is 3.97. The van der Waals surface area contributed by atoms with Crippen molar-refractivity contribution in [2.24, 2.45) is 0 Å². The molecular formula is C18H23BrClN3O. The van der Waals surface area contributed by atoms with Crippen LogP contribution in [0.4, 0.5) is 0 Å². The summed E-state index contributed by atoms with van der Waals surface area (Å²) >= 11 is 3.57. The van der Waals surface area contributed by atoms with E-state index in [9.17, 15) is 0 Å². The van der Waals surface area contributed by atoms with Crippen LogP contribution in [-0.4, -0.2) is 35.6 Å². The van der Waals surface area contributed by atoms with Crippen LogP contribution in [-0.2, 0) is 13.2 Å². The van der Waals surface area contributed by atoms with Crippen LogP contribution in [0.15, 0.2) is 47.1 Å². The highest BCUT2D eigenvalue weighted by atomic mass is 79.9. The molecule has 1 aliphatic heterocycles. The zero-order valence-electron chi connectivity index (χ0n) is 13.7. The lowest BCUT2D eigenvalue weighted by molar-refractivity contribution is 0.195. The molecule has 2 heterocycles. The van der Waals surface area contributed by atoms with E-state index in [1.807, 2.05) is 30.3 Å². The number of aromatic nitrogens is 1. The highest BCUT2D eigenvalue weighted by molar-refractivity contribution is 9.10. The summed E-state index contributed by atoms with van der Waals surface area (Å²) in [7, 11) is 0. The maximum atomic E-state index is 6.02. The average Bonchev–Trinajstić information content (AvgIpc) is 2.55. The van der Waals surface area contributed by atoms with Crippen molar-refractivity contribution >= 4 is 28.3 Å². The van der Waals surface area contributed by atoms with Crippen molar-refractivity contribution in [2.75, 3.05) is 19.6 Å². The molecule has 1 aromatic carbocycles. The molecular weight excluding hydrogens is 390 g/mol. The normalized spacial score (nSPS) is 18.0. The zero-order chi connectivity index (χ0) is 16.1. The molecule has 1 N–H and O–H groups in total. The lowest BCUT2D eigenvalue weighted by Gasteiger charge is -2.32. The summed E-state index contributed by atoms with van der Waals surface area (Å²) in [6, 6.07) is 12.6. The van der Waals surface area contributed by atoms with Crippen molar-refractivity contribution in [1.29, 1.82) is 0 Å². The van der Waals surface area contributed by atoms with E-state index >= 15 is 0 Å².